The molecule has 0 aromatic rings. The van der Waals surface area contributed by atoms with Crippen molar-refractivity contribution in [3.05, 3.63) is 24.3 Å². The summed E-state index contributed by atoms with van der Waals surface area (Å²) in [7, 11) is 0. The molecule has 0 aliphatic heterocycles. The van der Waals surface area contributed by atoms with E-state index in [-0.39, 0.29) is 0 Å². The van der Waals surface area contributed by atoms with E-state index in [9.17, 15) is 40.9 Å². The monoisotopic (exact) mass is 827 g/mol. The van der Waals surface area contributed by atoms with Gasteiger partial charge >= 0.3 is 0 Å². The Hall–Kier alpha value is -0.840. The number of allylic oxidation sites excluding steroid dienone is 2. The molecule has 9 atom stereocenters. The first-order valence-electron chi connectivity index (χ1n) is 23.4. The highest BCUT2D eigenvalue weighted by Crippen LogP contribution is 2.33. The SMILES string of the molecule is C=C[C@](C)(O)CCCC(C)CCCC(C)(O)CCCC(C)(O)CCCC(C)(O)CCCC(C)(O)CCCC(C)(O)CCCC(C)(O)CCCC(C)(O)CCC=C(C)C. The van der Waals surface area contributed by atoms with E-state index < -0.39 is 44.8 Å². The lowest BCUT2D eigenvalue weighted by Gasteiger charge is -2.31. The van der Waals surface area contributed by atoms with Gasteiger partial charge in [0.25, 0.3) is 0 Å². The van der Waals surface area contributed by atoms with Crippen LogP contribution < -0.4 is 0 Å². The van der Waals surface area contributed by atoms with Gasteiger partial charge < -0.3 is 40.9 Å². The van der Waals surface area contributed by atoms with Crippen molar-refractivity contribution in [3.8, 4) is 0 Å². The average Bonchev–Trinajstić information content (AvgIpc) is 3.03. The topological polar surface area (TPSA) is 162 Å². The lowest BCUT2D eigenvalue weighted by molar-refractivity contribution is -0.00818. The van der Waals surface area contributed by atoms with Gasteiger partial charge in [0, 0.05) is 0 Å². The molecule has 0 heterocycles. The molecule has 0 saturated heterocycles. The molecule has 58 heavy (non-hydrogen) atoms. The van der Waals surface area contributed by atoms with Crippen LogP contribution in [-0.2, 0) is 0 Å². The Morgan fingerprint density at radius 2 is 0.621 bits per heavy atom. The zero-order valence-electron chi connectivity index (χ0n) is 39.9. The third-order valence-corrected chi connectivity index (χ3v) is 13.1. The van der Waals surface area contributed by atoms with E-state index in [1.807, 2.05) is 48.5 Å². The molecule has 0 aliphatic rings. The quantitative estimate of drug-likeness (QED) is 0.0290. The predicted octanol–water partition coefficient (Wildman–Crippen LogP) is 10.9. The van der Waals surface area contributed by atoms with Crippen molar-refractivity contribution >= 4 is 0 Å². The van der Waals surface area contributed by atoms with E-state index in [4.69, 9.17) is 0 Å². The van der Waals surface area contributed by atoms with E-state index in [2.05, 4.69) is 33.4 Å². The number of hydrogen-bond donors (Lipinski definition) is 8. The molecule has 0 rings (SSSR count). The maximum atomic E-state index is 11.1. The lowest BCUT2D eigenvalue weighted by Crippen LogP contribution is -2.31. The first kappa shape index (κ1) is 57.2. The van der Waals surface area contributed by atoms with Crippen LogP contribution in [0.25, 0.3) is 0 Å². The highest BCUT2D eigenvalue weighted by atomic mass is 16.3. The second-order valence-corrected chi connectivity index (χ2v) is 21.9. The lowest BCUT2D eigenvalue weighted by atomic mass is 9.83. The zero-order chi connectivity index (χ0) is 45.0. The Morgan fingerprint density at radius 1 is 0.397 bits per heavy atom. The summed E-state index contributed by atoms with van der Waals surface area (Å²) < 4.78 is 0. The van der Waals surface area contributed by atoms with Crippen LogP contribution in [0.15, 0.2) is 24.3 Å². The molecule has 0 spiro atoms. The second-order valence-electron chi connectivity index (χ2n) is 21.9. The summed E-state index contributed by atoms with van der Waals surface area (Å²) in [5.74, 6) is 0.541. The molecule has 0 aromatic carbocycles. The van der Waals surface area contributed by atoms with Gasteiger partial charge in [0.2, 0.25) is 0 Å². The van der Waals surface area contributed by atoms with Crippen molar-refractivity contribution in [1.29, 1.82) is 0 Å². The molecule has 8 unspecified atom stereocenters. The number of hydrogen-bond acceptors (Lipinski definition) is 8. The van der Waals surface area contributed by atoms with Crippen molar-refractivity contribution < 1.29 is 40.9 Å². The Labute approximate surface area is 358 Å². The minimum atomic E-state index is -0.889. The summed E-state index contributed by atoms with van der Waals surface area (Å²) in [4.78, 5) is 0. The van der Waals surface area contributed by atoms with Crippen LogP contribution in [0.2, 0.25) is 0 Å². The van der Waals surface area contributed by atoms with Crippen LogP contribution >= 0.6 is 0 Å². The van der Waals surface area contributed by atoms with Crippen LogP contribution in [0.5, 0.6) is 0 Å². The molecule has 8 N–H and O–H groups in total. The largest absolute Gasteiger partial charge is 0.390 e. The van der Waals surface area contributed by atoms with E-state index in [1.165, 1.54) is 5.57 Å². The summed E-state index contributed by atoms with van der Waals surface area (Å²) in [5.41, 5.74) is -5.39. The number of rotatable bonds is 36. The third-order valence-electron chi connectivity index (χ3n) is 13.1. The Bertz CT molecular complexity index is 1130. The van der Waals surface area contributed by atoms with Gasteiger partial charge in [0.05, 0.1) is 44.8 Å². The van der Waals surface area contributed by atoms with E-state index in [1.54, 1.807) is 13.0 Å². The van der Waals surface area contributed by atoms with Gasteiger partial charge in [0.1, 0.15) is 0 Å². The smallest absolute Gasteiger partial charge is 0.0797 e. The van der Waals surface area contributed by atoms with Crippen LogP contribution in [-0.4, -0.2) is 85.7 Å². The van der Waals surface area contributed by atoms with Crippen molar-refractivity contribution in [2.24, 2.45) is 5.92 Å². The summed E-state index contributed by atoms with van der Waals surface area (Å²) >= 11 is 0. The van der Waals surface area contributed by atoms with Crippen LogP contribution in [0.3, 0.4) is 0 Å². The summed E-state index contributed by atoms with van der Waals surface area (Å²) in [6.07, 6.45) is 22.1. The number of aliphatic hydroxyl groups is 8. The molecule has 0 fully saturated rings. The normalized spacial score (nSPS) is 21.2. The fourth-order valence-corrected chi connectivity index (χ4v) is 8.53. The first-order chi connectivity index (χ1) is 26.3. The summed E-state index contributed by atoms with van der Waals surface area (Å²) in [5, 5.41) is 86.9. The standard InChI is InChI=1S/C50H98O8/c1-13-43(5,51)26-15-24-42(4)25-16-28-45(7,53)30-18-32-47(9,55)34-20-36-49(11,57)38-22-40-50(12,58)39-21-37-48(10,56)35-19-33-46(8,54)31-17-29-44(6,52)27-14-23-41(2)3/h13,23,42,51-58H,1,14-22,24-40H2,2-12H3/t42?,43-,44?,45?,46?,47?,48?,49?,50?/m0/s1. The molecule has 0 saturated carbocycles. The van der Waals surface area contributed by atoms with Gasteiger partial charge in [-0.2, -0.15) is 0 Å². The molecule has 0 bridgehead atoms. The summed E-state index contributed by atoms with van der Waals surface area (Å²) in [6, 6.07) is 0. The maximum Gasteiger partial charge on any atom is 0.0797 e. The van der Waals surface area contributed by atoms with Crippen LogP contribution in [0.4, 0.5) is 0 Å². The Balaban J connectivity index is 4.37. The Kier molecular flexibility index (Phi) is 25.6. The highest BCUT2D eigenvalue weighted by Gasteiger charge is 2.30. The molecule has 0 radical (unpaired) electrons. The van der Waals surface area contributed by atoms with E-state index in [0.29, 0.717) is 121 Å². The Morgan fingerprint density at radius 3 is 0.862 bits per heavy atom. The van der Waals surface area contributed by atoms with Crippen LogP contribution in [0.1, 0.15) is 243 Å². The molecular weight excluding hydrogens is 729 g/mol. The van der Waals surface area contributed by atoms with Crippen molar-refractivity contribution in [3.63, 3.8) is 0 Å². The molecule has 0 amide bonds. The average molecular weight is 827 g/mol. The molecular formula is C50H98O8. The molecule has 0 aromatic heterocycles. The van der Waals surface area contributed by atoms with Crippen molar-refractivity contribution in [2.45, 2.75) is 288 Å². The van der Waals surface area contributed by atoms with Crippen LogP contribution in [0, 0.1) is 5.92 Å². The van der Waals surface area contributed by atoms with Gasteiger partial charge in [-0.1, -0.05) is 50.3 Å². The third kappa shape index (κ3) is 32.0. The molecule has 8 heteroatoms. The molecule has 346 valence electrons. The van der Waals surface area contributed by atoms with Crippen molar-refractivity contribution in [1.82, 2.24) is 0 Å². The fraction of sp³-hybridized carbons (Fsp3) is 0.920. The second kappa shape index (κ2) is 25.9. The van der Waals surface area contributed by atoms with Gasteiger partial charge in [-0.3, -0.25) is 0 Å². The minimum absolute atomic E-state index is 0.541. The van der Waals surface area contributed by atoms with Gasteiger partial charge in [-0.15, -0.1) is 6.58 Å². The predicted molar refractivity (Wildman–Crippen MR) is 244 cm³/mol. The molecule has 8 nitrogen and oxygen atoms in total. The van der Waals surface area contributed by atoms with Gasteiger partial charge in [0.15, 0.2) is 0 Å². The van der Waals surface area contributed by atoms with Gasteiger partial charge in [-0.25, -0.2) is 0 Å². The van der Waals surface area contributed by atoms with Crippen molar-refractivity contribution in [2.75, 3.05) is 0 Å². The maximum absolute atomic E-state index is 11.1. The van der Waals surface area contributed by atoms with E-state index in [0.717, 1.165) is 51.4 Å². The highest BCUT2D eigenvalue weighted by molar-refractivity contribution is 4.94. The zero-order valence-corrected chi connectivity index (χ0v) is 39.9. The fourth-order valence-electron chi connectivity index (χ4n) is 8.53. The minimum Gasteiger partial charge on any atom is -0.390 e. The first-order valence-corrected chi connectivity index (χ1v) is 23.4. The van der Waals surface area contributed by atoms with Gasteiger partial charge in [-0.05, 0) is 216 Å². The molecule has 0 aliphatic carbocycles. The summed E-state index contributed by atoms with van der Waals surface area (Å²) in [6.45, 7) is 24.8. The van der Waals surface area contributed by atoms with E-state index >= 15 is 0 Å².